The molecule has 0 bridgehead atoms. The van der Waals surface area contributed by atoms with Gasteiger partial charge >= 0.3 is 12.4 Å². The van der Waals surface area contributed by atoms with Crippen LogP contribution >= 0.6 is 11.8 Å². The maximum Gasteiger partial charge on any atom is 0.573 e. The van der Waals surface area contributed by atoms with Crippen molar-refractivity contribution in [2.45, 2.75) is 17.0 Å². The molecule has 0 amide bonds. The molecule has 158 valence electrons. The lowest BCUT2D eigenvalue weighted by Crippen LogP contribution is -2.16. The molecule has 4 aromatic rings. The fourth-order valence-electron chi connectivity index (χ4n) is 2.66. The minimum atomic E-state index is -4.74. The Bertz CT molecular complexity index is 1140. The van der Waals surface area contributed by atoms with Crippen LogP contribution in [0, 0.1) is 0 Å². The molecule has 10 heteroatoms. The second kappa shape index (κ2) is 9.09. The first-order valence-electron chi connectivity index (χ1n) is 9.04. The number of thioether (sulfide) groups is 1. The molecule has 0 atom stereocenters. The van der Waals surface area contributed by atoms with Gasteiger partial charge in [0.2, 0.25) is 0 Å². The molecular weight excluding hydrogens is 429 g/mol. The number of hydrogen-bond donors (Lipinski definition) is 1. The van der Waals surface area contributed by atoms with Gasteiger partial charge in [-0.2, -0.15) is 0 Å². The Balaban J connectivity index is 1.45. The SMILES string of the molecule is FC(F)(F)Oc1ccc(Nc2nnc(-c3ccccc3SCc3ccncc3)o2)cc1. The van der Waals surface area contributed by atoms with Crippen molar-refractivity contribution in [3.63, 3.8) is 0 Å². The molecule has 2 aromatic heterocycles. The average molecular weight is 444 g/mol. The summed E-state index contributed by atoms with van der Waals surface area (Å²) in [6, 6.07) is 16.9. The van der Waals surface area contributed by atoms with Crippen LogP contribution in [0.1, 0.15) is 5.56 Å². The van der Waals surface area contributed by atoms with Gasteiger partial charge in [-0.05, 0) is 54.1 Å². The zero-order valence-corrected chi connectivity index (χ0v) is 16.7. The number of pyridine rings is 1. The number of ether oxygens (including phenoxy) is 1. The van der Waals surface area contributed by atoms with Crippen LogP contribution in [0.5, 0.6) is 5.75 Å². The average Bonchev–Trinajstić information content (AvgIpc) is 3.22. The van der Waals surface area contributed by atoms with E-state index in [0.717, 1.165) is 21.8 Å². The molecule has 0 saturated carbocycles. The Morgan fingerprint density at radius 3 is 2.42 bits per heavy atom. The molecule has 0 aliphatic carbocycles. The topological polar surface area (TPSA) is 73.1 Å². The standard InChI is InChI=1S/C21H15F3N4O2S/c22-21(23,24)30-16-7-5-15(6-8-16)26-20-28-27-19(29-20)17-3-1-2-4-18(17)31-13-14-9-11-25-12-10-14/h1-12H,13H2,(H,26,28). The first-order valence-corrected chi connectivity index (χ1v) is 10.0. The first-order chi connectivity index (χ1) is 15.0. The van der Waals surface area contributed by atoms with E-state index in [-0.39, 0.29) is 11.8 Å². The van der Waals surface area contributed by atoms with E-state index in [4.69, 9.17) is 4.42 Å². The molecule has 2 heterocycles. The maximum absolute atomic E-state index is 12.3. The largest absolute Gasteiger partial charge is 0.573 e. The van der Waals surface area contributed by atoms with Crippen molar-refractivity contribution in [3.05, 3.63) is 78.6 Å². The first kappa shape index (κ1) is 20.7. The summed E-state index contributed by atoms with van der Waals surface area (Å²) in [6.07, 6.45) is -1.24. The van der Waals surface area contributed by atoms with Crippen LogP contribution in [0.3, 0.4) is 0 Å². The van der Waals surface area contributed by atoms with Crippen molar-refractivity contribution in [1.82, 2.24) is 15.2 Å². The van der Waals surface area contributed by atoms with Gasteiger partial charge in [0.25, 0.3) is 5.89 Å². The number of halogens is 3. The Kier molecular flexibility index (Phi) is 6.08. The predicted octanol–water partition coefficient (Wildman–Crippen LogP) is 6.07. The minimum Gasteiger partial charge on any atom is -0.406 e. The molecule has 0 fully saturated rings. The predicted molar refractivity (Wildman–Crippen MR) is 110 cm³/mol. The number of rotatable bonds is 7. The molecule has 2 aromatic carbocycles. The van der Waals surface area contributed by atoms with Gasteiger partial charge in [0.05, 0.1) is 5.56 Å². The van der Waals surface area contributed by atoms with E-state index >= 15 is 0 Å². The van der Waals surface area contributed by atoms with Crippen LogP contribution in [0.25, 0.3) is 11.5 Å². The van der Waals surface area contributed by atoms with Crippen molar-refractivity contribution in [2.75, 3.05) is 5.32 Å². The van der Waals surface area contributed by atoms with Crippen LogP contribution in [0.15, 0.2) is 82.4 Å². The van der Waals surface area contributed by atoms with E-state index in [2.05, 4.69) is 25.2 Å². The van der Waals surface area contributed by atoms with Crippen molar-refractivity contribution in [3.8, 4) is 17.2 Å². The second-order valence-corrected chi connectivity index (χ2v) is 7.27. The number of nitrogens with zero attached hydrogens (tertiary/aromatic N) is 3. The van der Waals surface area contributed by atoms with Gasteiger partial charge in [0, 0.05) is 28.7 Å². The van der Waals surface area contributed by atoms with Crippen molar-refractivity contribution in [1.29, 1.82) is 0 Å². The highest BCUT2D eigenvalue weighted by Gasteiger charge is 2.31. The number of aromatic nitrogens is 3. The highest BCUT2D eigenvalue weighted by Crippen LogP contribution is 2.33. The van der Waals surface area contributed by atoms with Gasteiger partial charge in [-0.15, -0.1) is 30.0 Å². The van der Waals surface area contributed by atoms with Gasteiger partial charge in [-0.3, -0.25) is 4.98 Å². The summed E-state index contributed by atoms with van der Waals surface area (Å²) < 4.78 is 46.3. The third kappa shape index (κ3) is 5.76. The number of alkyl halides is 3. The lowest BCUT2D eigenvalue weighted by molar-refractivity contribution is -0.274. The summed E-state index contributed by atoms with van der Waals surface area (Å²) in [6.45, 7) is 0. The lowest BCUT2D eigenvalue weighted by atomic mass is 10.2. The molecule has 0 radical (unpaired) electrons. The van der Waals surface area contributed by atoms with Crippen molar-refractivity contribution >= 4 is 23.5 Å². The number of anilines is 2. The third-order valence-electron chi connectivity index (χ3n) is 4.03. The van der Waals surface area contributed by atoms with E-state index in [1.807, 2.05) is 36.4 Å². The van der Waals surface area contributed by atoms with Gasteiger partial charge in [0.15, 0.2) is 0 Å². The highest BCUT2D eigenvalue weighted by atomic mass is 32.2. The zero-order chi connectivity index (χ0) is 21.7. The van der Waals surface area contributed by atoms with Crippen molar-refractivity contribution < 1.29 is 22.3 Å². The Labute approximate surface area is 179 Å². The Morgan fingerprint density at radius 1 is 0.935 bits per heavy atom. The van der Waals surface area contributed by atoms with Gasteiger partial charge in [-0.25, -0.2) is 0 Å². The summed E-state index contributed by atoms with van der Waals surface area (Å²) >= 11 is 1.63. The molecule has 0 aliphatic heterocycles. The van der Waals surface area contributed by atoms with Crippen LogP contribution in [-0.2, 0) is 5.75 Å². The Hall–Kier alpha value is -3.53. The summed E-state index contributed by atoms with van der Waals surface area (Å²) in [4.78, 5) is 4.99. The molecule has 6 nitrogen and oxygen atoms in total. The smallest absolute Gasteiger partial charge is 0.406 e. The minimum absolute atomic E-state index is 0.119. The lowest BCUT2D eigenvalue weighted by Gasteiger charge is -2.09. The van der Waals surface area contributed by atoms with Crippen LogP contribution in [0.2, 0.25) is 0 Å². The monoisotopic (exact) mass is 444 g/mol. The second-order valence-electron chi connectivity index (χ2n) is 6.25. The summed E-state index contributed by atoms with van der Waals surface area (Å²) in [7, 11) is 0. The van der Waals surface area contributed by atoms with E-state index in [1.165, 1.54) is 24.3 Å². The van der Waals surface area contributed by atoms with Crippen LogP contribution in [0.4, 0.5) is 24.9 Å². The molecule has 1 N–H and O–H groups in total. The maximum atomic E-state index is 12.3. The summed E-state index contributed by atoms with van der Waals surface area (Å²) in [5.41, 5.74) is 2.40. The summed E-state index contributed by atoms with van der Waals surface area (Å²) in [5.74, 6) is 0.771. The van der Waals surface area contributed by atoms with E-state index in [9.17, 15) is 13.2 Å². The normalized spacial score (nSPS) is 11.3. The van der Waals surface area contributed by atoms with E-state index in [1.54, 1.807) is 24.2 Å². The van der Waals surface area contributed by atoms with E-state index in [0.29, 0.717) is 11.6 Å². The highest BCUT2D eigenvalue weighted by molar-refractivity contribution is 7.98. The molecule has 4 rings (SSSR count). The zero-order valence-electron chi connectivity index (χ0n) is 15.8. The van der Waals surface area contributed by atoms with E-state index < -0.39 is 6.36 Å². The molecule has 0 saturated heterocycles. The van der Waals surface area contributed by atoms with Crippen LogP contribution in [-0.4, -0.2) is 21.5 Å². The molecule has 0 unspecified atom stereocenters. The van der Waals surface area contributed by atoms with Gasteiger partial charge in [-0.1, -0.05) is 17.2 Å². The quantitative estimate of drug-likeness (QED) is 0.347. The molecule has 0 spiro atoms. The van der Waals surface area contributed by atoms with Gasteiger partial charge < -0.3 is 14.5 Å². The van der Waals surface area contributed by atoms with Gasteiger partial charge in [0.1, 0.15) is 5.75 Å². The third-order valence-corrected chi connectivity index (χ3v) is 5.17. The molecule has 31 heavy (non-hydrogen) atoms. The fraction of sp³-hybridized carbons (Fsp3) is 0.0952. The Morgan fingerprint density at radius 2 is 1.68 bits per heavy atom. The number of nitrogens with one attached hydrogen (secondary N) is 1. The molecular formula is C21H15F3N4O2S. The van der Waals surface area contributed by atoms with Crippen molar-refractivity contribution in [2.24, 2.45) is 0 Å². The molecule has 0 aliphatic rings. The number of hydrogen-bond acceptors (Lipinski definition) is 7. The summed E-state index contributed by atoms with van der Waals surface area (Å²) in [5, 5.41) is 10.9. The fourth-order valence-corrected chi connectivity index (χ4v) is 3.66. The van der Waals surface area contributed by atoms with Crippen LogP contribution < -0.4 is 10.1 Å². The number of benzene rings is 2.